The van der Waals surface area contributed by atoms with Crippen LogP contribution < -0.4 is 15.1 Å². The van der Waals surface area contributed by atoms with Gasteiger partial charge in [-0.1, -0.05) is 26.8 Å². The van der Waals surface area contributed by atoms with Crippen molar-refractivity contribution in [3.8, 4) is 5.75 Å². The molecule has 2 aliphatic rings. The van der Waals surface area contributed by atoms with Gasteiger partial charge in [-0.15, -0.1) is 0 Å². The number of amides is 1. The van der Waals surface area contributed by atoms with E-state index in [0.717, 1.165) is 30.8 Å². The fourth-order valence-corrected chi connectivity index (χ4v) is 3.98. The molecular formula is C20H32N2O2Si. The number of anilines is 1. The zero-order valence-electron chi connectivity index (χ0n) is 16.2. The summed E-state index contributed by atoms with van der Waals surface area (Å²) < 4.78 is 6.58. The summed E-state index contributed by atoms with van der Waals surface area (Å²) >= 11 is 0. The molecule has 1 heterocycles. The van der Waals surface area contributed by atoms with Gasteiger partial charge >= 0.3 is 0 Å². The maximum atomic E-state index is 12.5. The van der Waals surface area contributed by atoms with E-state index >= 15 is 0 Å². The monoisotopic (exact) mass is 360 g/mol. The molecule has 5 heteroatoms. The second-order valence-corrected chi connectivity index (χ2v) is 13.8. The van der Waals surface area contributed by atoms with E-state index in [1.807, 2.05) is 6.07 Å². The molecule has 2 fully saturated rings. The lowest BCUT2D eigenvalue weighted by Gasteiger charge is -2.37. The molecule has 0 aromatic heterocycles. The quantitative estimate of drug-likeness (QED) is 0.752. The van der Waals surface area contributed by atoms with Gasteiger partial charge in [0.2, 0.25) is 5.91 Å². The molecule has 1 aromatic rings. The Bertz CT molecular complexity index is 642. The van der Waals surface area contributed by atoms with Crippen LogP contribution in [-0.2, 0) is 4.79 Å². The number of carbonyl (C=O) groups excluding carboxylic acids is 1. The van der Waals surface area contributed by atoms with Crippen molar-refractivity contribution in [1.29, 1.82) is 0 Å². The summed E-state index contributed by atoms with van der Waals surface area (Å²) in [6.45, 7) is 12.1. The number of hydrogen-bond donors (Lipinski definition) is 2. The molecule has 1 saturated carbocycles. The summed E-state index contributed by atoms with van der Waals surface area (Å²) in [5.41, 5.74) is 2.15. The molecule has 0 spiro atoms. The van der Waals surface area contributed by atoms with Crippen LogP contribution in [0.25, 0.3) is 0 Å². The highest BCUT2D eigenvalue weighted by molar-refractivity contribution is 6.74. The Morgan fingerprint density at radius 3 is 2.52 bits per heavy atom. The summed E-state index contributed by atoms with van der Waals surface area (Å²) in [6, 6.07) is 6.26. The van der Waals surface area contributed by atoms with Gasteiger partial charge < -0.3 is 15.1 Å². The summed E-state index contributed by atoms with van der Waals surface area (Å²) in [6.07, 6.45) is 4.49. The first-order valence-electron chi connectivity index (χ1n) is 9.54. The van der Waals surface area contributed by atoms with Gasteiger partial charge in [0.1, 0.15) is 5.75 Å². The first-order valence-corrected chi connectivity index (χ1v) is 12.5. The van der Waals surface area contributed by atoms with Gasteiger partial charge in [0.25, 0.3) is 8.32 Å². The first-order chi connectivity index (χ1) is 11.7. The van der Waals surface area contributed by atoms with Crippen LogP contribution >= 0.6 is 0 Å². The molecule has 1 aliphatic heterocycles. The average Bonchev–Trinajstić information content (AvgIpc) is 3.21. The number of nitrogens with one attached hydrogen (secondary N) is 2. The van der Waals surface area contributed by atoms with Crippen molar-refractivity contribution in [2.75, 3.05) is 11.9 Å². The Labute approximate surface area is 152 Å². The van der Waals surface area contributed by atoms with Gasteiger partial charge in [0.05, 0.1) is 11.7 Å². The molecule has 1 aromatic carbocycles. The maximum absolute atomic E-state index is 12.5. The molecule has 138 valence electrons. The highest BCUT2D eigenvalue weighted by atomic mass is 28.4. The predicted octanol–water partition coefficient (Wildman–Crippen LogP) is 4.64. The number of carbonyl (C=O) groups is 1. The van der Waals surface area contributed by atoms with Crippen molar-refractivity contribution in [2.45, 2.75) is 76.5 Å². The Kier molecular flexibility index (Phi) is 4.99. The molecule has 1 atom stereocenters. The summed E-state index contributed by atoms with van der Waals surface area (Å²) in [7, 11) is -1.96. The zero-order chi connectivity index (χ0) is 18.2. The van der Waals surface area contributed by atoms with Gasteiger partial charge in [-0.05, 0) is 74.0 Å². The molecular weight excluding hydrogens is 328 g/mol. The van der Waals surface area contributed by atoms with E-state index in [-0.39, 0.29) is 17.0 Å². The number of benzene rings is 1. The molecule has 3 rings (SSSR count). The van der Waals surface area contributed by atoms with Crippen molar-refractivity contribution in [3.05, 3.63) is 23.8 Å². The van der Waals surface area contributed by atoms with Crippen LogP contribution in [0.3, 0.4) is 0 Å². The lowest BCUT2D eigenvalue weighted by atomic mass is 10.1. The first kappa shape index (κ1) is 18.5. The highest BCUT2D eigenvalue weighted by Gasteiger charge is 2.40. The van der Waals surface area contributed by atoms with Crippen molar-refractivity contribution >= 4 is 19.9 Å². The summed E-state index contributed by atoms with van der Waals surface area (Å²) in [4.78, 5) is 12.5. The van der Waals surface area contributed by atoms with E-state index in [2.05, 4.69) is 56.6 Å². The lowest BCUT2D eigenvalue weighted by molar-refractivity contribution is -0.117. The molecule has 4 nitrogen and oxygen atoms in total. The minimum atomic E-state index is -1.96. The minimum Gasteiger partial charge on any atom is -0.542 e. The Hall–Kier alpha value is -1.33. The highest BCUT2D eigenvalue weighted by Crippen LogP contribution is 2.44. The van der Waals surface area contributed by atoms with Gasteiger partial charge in [0, 0.05) is 0 Å². The van der Waals surface area contributed by atoms with Crippen LogP contribution in [0, 0.1) is 0 Å². The van der Waals surface area contributed by atoms with Gasteiger partial charge in [-0.3, -0.25) is 4.79 Å². The van der Waals surface area contributed by atoms with Crippen molar-refractivity contribution in [3.63, 3.8) is 0 Å². The molecule has 1 amide bonds. The molecule has 1 unspecified atom stereocenters. The summed E-state index contributed by atoms with van der Waals surface area (Å²) in [5, 5.41) is 6.49. The van der Waals surface area contributed by atoms with E-state index in [4.69, 9.17) is 4.43 Å². The Morgan fingerprint density at radius 2 is 1.96 bits per heavy atom. The normalized spacial score (nSPS) is 21.2. The zero-order valence-corrected chi connectivity index (χ0v) is 17.2. The van der Waals surface area contributed by atoms with Crippen LogP contribution in [0.2, 0.25) is 18.1 Å². The molecule has 0 bridgehead atoms. The fraction of sp³-hybridized carbons (Fsp3) is 0.650. The van der Waals surface area contributed by atoms with Crippen LogP contribution in [0.1, 0.15) is 57.9 Å². The van der Waals surface area contributed by atoms with Crippen LogP contribution in [0.5, 0.6) is 5.75 Å². The van der Waals surface area contributed by atoms with Crippen molar-refractivity contribution < 1.29 is 9.22 Å². The van der Waals surface area contributed by atoms with E-state index in [9.17, 15) is 4.79 Å². The Morgan fingerprint density at radius 1 is 1.24 bits per heavy atom. The van der Waals surface area contributed by atoms with Gasteiger partial charge in [-0.25, -0.2) is 0 Å². The third-order valence-corrected chi connectivity index (χ3v) is 10.2. The topological polar surface area (TPSA) is 50.4 Å². The molecule has 1 saturated heterocycles. The van der Waals surface area contributed by atoms with Crippen molar-refractivity contribution in [2.24, 2.45) is 0 Å². The van der Waals surface area contributed by atoms with Crippen LogP contribution in [0.15, 0.2) is 18.2 Å². The average molecular weight is 361 g/mol. The van der Waals surface area contributed by atoms with Gasteiger partial charge in [0.15, 0.2) is 0 Å². The predicted molar refractivity (Wildman–Crippen MR) is 106 cm³/mol. The molecule has 1 aliphatic carbocycles. The SMILES string of the molecule is CC(C)(C)[Si](C)(C)Oc1cc(C2CC2)ccc1NC(=O)C1CCCN1. The molecule has 25 heavy (non-hydrogen) atoms. The third kappa shape index (κ3) is 4.26. The van der Waals surface area contributed by atoms with Gasteiger partial charge in [-0.2, -0.15) is 0 Å². The van der Waals surface area contributed by atoms with E-state index in [1.165, 1.54) is 18.4 Å². The smallest absolute Gasteiger partial charge is 0.250 e. The lowest BCUT2D eigenvalue weighted by Crippen LogP contribution is -2.44. The second-order valence-electron chi connectivity index (χ2n) is 9.03. The fourth-order valence-electron chi connectivity index (χ4n) is 2.95. The van der Waals surface area contributed by atoms with E-state index in [0.29, 0.717) is 5.92 Å². The van der Waals surface area contributed by atoms with Crippen LogP contribution in [0.4, 0.5) is 5.69 Å². The van der Waals surface area contributed by atoms with Crippen LogP contribution in [-0.4, -0.2) is 26.8 Å². The largest absolute Gasteiger partial charge is 0.542 e. The number of hydrogen-bond acceptors (Lipinski definition) is 3. The van der Waals surface area contributed by atoms with Crippen molar-refractivity contribution in [1.82, 2.24) is 5.32 Å². The standard InChI is InChI=1S/C20H32N2O2Si/c1-20(2,3)25(4,5)24-18-13-15(14-8-9-14)10-11-16(18)22-19(23)17-7-6-12-21-17/h10-11,13-14,17,21H,6-9,12H2,1-5H3,(H,22,23). The maximum Gasteiger partial charge on any atom is 0.250 e. The Balaban J connectivity index is 1.84. The molecule has 0 radical (unpaired) electrons. The molecule has 2 N–H and O–H groups in total. The van der Waals surface area contributed by atoms with E-state index < -0.39 is 8.32 Å². The minimum absolute atomic E-state index is 0.0525. The second kappa shape index (κ2) is 6.76. The summed E-state index contributed by atoms with van der Waals surface area (Å²) in [5.74, 6) is 1.57. The van der Waals surface area contributed by atoms with E-state index in [1.54, 1.807) is 0 Å². The third-order valence-electron chi connectivity index (χ3n) is 5.86. The number of rotatable bonds is 5.